The number of hydrogen-bond donors (Lipinski definition) is 1. The molecule has 0 spiro atoms. The first-order valence-corrected chi connectivity index (χ1v) is 6.38. The molecule has 0 aromatic carbocycles. The van der Waals surface area contributed by atoms with Crippen molar-refractivity contribution in [2.24, 2.45) is 7.05 Å². The highest BCUT2D eigenvalue weighted by molar-refractivity contribution is 4.94. The molecule has 0 radical (unpaired) electrons. The minimum atomic E-state index is 0.264. The van der Waals surface area contributed by atoms with Crippen LogP contribution in [0.2, 0.25) is 0 Å². The van der Waals surface area contributed by atoms with Crippen LogP contribution < -0.4 is 5.32 Å². The normalized spacial score (nSPS) is 20.6. The van der Waals surface area contributed by atoms with Gasteiger partial charge in [0.05, 0.1) is 13.6 Å². The van der Waals surface area contributed by atoms with Gasteiger partial charge in [-0.15, -0.1) is 10.2 Å². The highest BCUT2D eigenvalue weighted by Crippen LogP contribution is 2.20. The van der Waals surface area contributed by atoms with Gasteiger partial charge in [0.25, 0.3) is 0 Å². The number of piperazine rings is 1. The highest BCUT2D eigenvalue weighted by atomic mass is 15.6. The molecule has 96 valence electrons. The van der Waals surface area contributed by atoms with Crippen molar-refractivity contribution < 1.29 is 0 Å². The van der Waals surface area contributed by atoms with Crippen LogP contribution in [0.1, 0.15) is 32.5 Å². The topological polar surface area (TPSA) is 58.9 Å². The number of aryl methyl sites for hydroxylation is 1. The molecule has 0 aliphatic carbocycles. The Kier molecular flexibility index (Phi) is 3.73. The summed E-state index contributed by atoms with van der Waals surface area (Å²) >= 11 is 0. The number of hydrogen-bond acceptors (Lipinski definition) is 5. The number of tetrazole rings is 1. The molecule has 6 heteroatoms. The van der Waals surface area contributed by atoms with Crippen LogP contribution in [0, 0.1) is 0 Å². The van der Waals surface area contributed by atoms with E-state index in [1.165, 1.54) is 4.80 Å². The average Bonchev–Trinajstić information content (AvgIpc) is 2.75. The van der Waals surface area contributed by atoms with Crippen LogP contribution in [0.3, 0.4) is 0 Å². The molecule has 0 unspecified atom stereocenters. The van der Waals surface area contributed by atoms with Crippen LogP contribution in [0.4, 0.5) is 0 Å². The fourth-order valence-electron chi connectivity index (χ4n) is 2.49. The minimum Gasteiger partial charge on any atom is -0.309 e. The van der Waals surface area contributed by atoms with Crippen molar-refractivity contribution in [1.82, 2.24) is 30.4 Å². The molecule has 6 nitrogen and oxygen atoms in total. The molecule has 1 aromatic rings. The number of aromatic nitrogens is 4. The second-order valence-electron chi connectivity index (χ2n) is 4.82. The second kappa shape index (κ2) is 5.10. The van der Waals surface area contributed by atoms with Gasteiger partial charge in [0.1, 0.15) is 0 Å². The standard InChI is InChI=1S/C11H22N6/c1-4-11(5-2)9-17(7-6-12-11)8-10-13-15-16(3)14-10/h12H,4-9H2,1-3H3. The Morgan fingerprint density at radius 3 is 2.71 bits per heavy atom. The third kappa shape index (κ3) is 2.81. The van der Waals surface area contributed by atoms with Crippen LogP contribution in [-0.4, -0.2) is 50.3 Å². The van der Waals surface area contributed by atoms with Gasteiger partial charge in [0.2, 0.25) is 0 Å². The third-order valence-electron chi connectivity index (χ3n) is 3.72. The maximum Gasteiger partial charge on any atom is 0.188 e. The van der Waals surface area contributed by atoms with E-state index in [4.69, 9.17) is 0 Å². The zero-order valence-corrected chi connectivity index (χ0v) is 11.0. The van der Waals surface area contributed by atoms with Gasteiger partial charge < -0.3 is 5.32 Å². The van der Waals surface area contributed by atoms with Crippen molar-refractivity contribution in [2.45, 2.75) is 38.8 Å². The zero-order chi connectivity index (χ0) is 12.3. The molecule has 0 atom stereocenters. The third-order valence-corrected chi connectivity index (χ3v) is 3.72. The summed E-state index contributed by atoms with van der Waals surface area (Å²) in [6.45, 7) is 8.47. The maximum atomic E-state index is 4.24. The average molecular weight is 238 g/mol. The van der Waals surface area contributed by atoms with Crippen LogP contribution in [0.15, 0.2) is 0 Å². The molecule has 2 heterocycles. The quantitative estimate of drug-likeness (QED) is 0.810. The van der Waals surface area contributed by atoms with Gasteiger partial charge >= 0.3 is 0 Å². The summed E-state index contributed by atoms with van der Waals surface area (Å²) in [5.74, 6) is 0.815. The van der Waals surface area contributed by atoms with E-state index in [0.29, 0.717) is 0 Å². The van der Waals surface area contributed by atoms with E-state index in [0.717, 1.165) is 44.8 Å². The van der Waals surface area contributed by atoms with E-state index in [1.807, 2.05) is 0 Å². The predicted molar refractivity (Wildman–Crippen MR) is 65.4 cm³/mol. The van der Waals surface area contributed by atoms with E-state index >= 15 is 0 Å². The van der Waals surface area contributed by atoms with Crippen molar-refractivity contribution >= 4 is 0 Å². The Balaban J connectivity index is 1.98. The molecule has 0 amide bonds. The van der Waals surface area contributed by atoms with Gasteiger partial charge in [-0.05, 0) is 18.1 Å². The summed E-state index contributed by atoms with van der Waals surface area (Å²) in [6, 6.07) is 0. The Bertz CT molecular complexity index is 357. The van der Waals surface area contributed by atoms with Crippen molar-refractivity contribution in [3.05, 3.63) is 5.82 Å². The van der Waals surface area contributed by atoms with E-state index in [-0.39, 0.29) is 5.54 Å². The molecule has 1 aliphatic rings. The molecule has 1 aliphatic heterocycles. The van der Waals surface area contributed by atoms with E-state index < -0.39 is 0 Å². The second-order valence-corrected chi connectivity index (χ2v) is 4.82. The van der Waals surface area contributed by atoms with Gasteiger partial charge in [-0.3, -0.25) is 4.90 Å². The lowest BCUT2D eigenvalue weighted by molar-refractivity contribution is 0.116. The van der Waals surface area contributed by atoms with Crippen molar-refractivity contribution in [3.8, 4) is 0 Å². The van der Waals surface area contributed by atoms with Gasteiger partial charge in [-0.1, -0.05) is 13.8 Å². The lowest BCUT2D eigenvalue weighted by atomic mass is 9.90. The van der Waals surface area contributed by atoms with Crippen LogP contribution in [-0.2, 0) is 13.6 Å². The molecule has 1 aromatic heterocycles. The molecule has 0 bridgehead atoms. The van der Waals surface area contributed by atoms with Gasteiger partial charge in [-0.2, -0.15) is 4.80 Å². The Morgan fingerprint density at radius 2 is 2.12 bits per heavy atom. The summed E-state index contributed by atoms with van der Waals surface area (Å²) in [5.41, 5.74) is 0.264. The molecule has 1 fully saturated rings. The fraction of sp³-hybridized carbons (Fsp3) is 0.909. The monoisotopic (exact) mass is 238 g/mol. The van der Waals surface area contributed by atoms with E-state index in [2.05, 4.69) is 39.5 Å². The zero-order valence-electron chi connectivity index (χ0n) is 11.0. The first kappa shape index (κ1) is 12.4. The summed E-state index contributed by atoms with van der Waals surface area (Å²) in [7, 11) is 1.80. The molecule has 17 heavy (non-hydrogen) atoms. The molecule has 0 saturated carbocycles. The smallest absolute Gasteiger partial charge is 0.188 e. The number of rotatable bonds is 4. The van der Waals surface area contributed by atoms with Gasteiger partial charge in [-0.25, -0.2) is 0 Å². The SMILES string of the molecule is CCC1(CC)CN(Cc2nnn(C)n2)CCN1. The maximum absolute atomic E-state index is 4.24. The lowest BCUT2D eigenvalue weighted by Crippen LogP contribution is -2.59. The first-order chi connectivity index (χ1) is 8.17. The van der Waals surface area contributed by atoms with Crippen LogP contribution >= 0.6 is 0 Å². The summed E-state index contributed by atoms with van der Waals surface area (Å²) in [6.07, 6.45) is 2.32. The molecular weight excluding hydrogens is 216 g/mol. The first-order valence-electron chi connectivity index (χ1n) is 6.38. The van der Waals surface area contributed by atoms with Crippen LogP contribution in [0.25, 0.3) is 0 Å². The van der Waals surface area contributed by atoms with Crippen molar-refractivity contribution in [2.75, 3.05) is 19.6 Å². The lowest BCUT2D eigenvalue weighted by Gasteiger charge is -2.42. The highest BCUT2D eigenvalue weighted by Gasteiger charge is 2.31. The van der Waals surface area contributed by atoms with Crippen molar-refractivity contribution in [1.29, 1.82) is 0 Å². The van der Waals surface area contributed by atoms with Gasteiger partial charge in [0.15, 0.2) is 5.82 Å². The Morgan fingerprint density at radius 1 is 1.35 bits per heavy atom. The Labute approximate surface area is 102 Å². The minimum absolute atomic E-state index is 0.264. The molecular formula is C11H22N6. The van der Waals surface area contributed by atoms with E-state index in [1.54, 1.807) is 7.05 Å². The van der Waals surface area contributed by atoms with Crippen molar-refractivity contribution in [3.63, 3.8) is 0 Å². The predicted octanol–water partition coefficient (Wildman–Crippen LogP) is 0.174. The molecule has 1 saturated heterocycles. The summed E-state index contributed by atoms with van der Waals surface area (Å²) < 4.78 is 0. The van der Waals surface area contributed by atoms with E-state index in [9.17, 15) is 0 Å². The van der Waals surface area contributed by atoms with Crippen LogP contribution in [0.5, 0.6) is 0 Å². The Hall–Kier alpha value is -1.01. The number of nitrogens with zero attached hydrogens (tertiary/aromatic N) is 5. The molecule has 1 N–H and O–H groups in total. The number of nitrogens with one attached hydrogen (secondary N) is 1. The van der Waals surface area contributed by atoms with Gasteiger partial charge in [0, 0.05) is 25.2 Å². The largest absolute Gasteiger partial charge is 0.309 e. The summed E-state index contributed by atoms with van der Waals surface area (Å²) in [4.78, 5) is 3.94. The molecule has 2 rings (SSSR count). The summed E-state index contributed by atoms with van der Waals surface area (Å²) in [5, 5.41) is 15.8. The fourth-order valence-corrected chi connectivity index (χ4v) is 2.49.